The van der Waals surface area contributed by atoms with Crippen LogP contribution in [0.3, 0.4) is 0 Å². The number of aliphatic carboxylic acids is 1. The van der Waals surface area contributed by atoms with E-state index in [1.807, 2.05) is 6.92 Å². The van der Waals surface area contributed by atoms with Gasteiger partial charge in [0.25, 0.3) is 0 Å². The van der Waals surface area contributed by atoms with E-state index >= 15 is 0 Å². The number of carbonyl (C=O) groups excluding carboxylic acids is 1. The second-order valence-electron chi connectivity index (χ2n) is 20.6. The highest BCUT2D eigenvalue weighted by Crippen LogP contribution is 2.38. The van der Waals surface area contributed by atoms with Crippen molar-refractivity contribution in [2.75, 3.05) is 6.61 Å². The number of cyclic esters (lactones) is 1. The molecule has 0 radical (unpaired) electrons. The molecule has 0 amide bonds. The van der Waals surface area contributed by atoms with Gasteiger partial charge in [-0.1, -0.05) is 98.9 Å². The lowest BCUT2D eigenvalue weighted by Gasteiger charge is -2.46. The third-order valence-electron chi connectivity index (χ3n) is 14.2. The molecule has 4 aliphatic heterocycles. The molecule has 0 aromatic heterocycles. The maximum absolute atomic E-state index is 12.7. The molecular weight excluding hydrogens is 1000 g/mol. The van der Waals surface area contributed by atoms with Gasteiger partial charge in [0.1, 0.15) is 42.5 Å². The van der Waals surface area contributed by atoms with E-state index in [0.717, 1.165) is 0 Å². The van der Waals surface area contributed by atoms with Crippen molar-refractivity contribution >= 4 is 11.9 Å². The van der Waals surface area contributed by atoms with Crippen LogP contribution in [0.2, 0.25) is 0 Å². The van der Waals surface area contributed by atoms with Gasteiger partial charge in [-0.3, -0.25) is 14.4 Å². The van der Waals surface area contributed by atoms with Gasteiger partial charge in [-0.05, 0) is 40.0 Å². The molecule has 15 N–H and O–H groups in total. The molecule has 0 saturated carbocycles. The molecule has 4 heterocycles. The number of rotatable bonds is 6. The number of carboxylic acids is 1. The first-order valence-electron chi connectivity index (χ1n) is 25.8. The fourth-order valence-corrected chi connectivity index (χ4v) is 9.31. The molecule has 4 aliphatic rings. The number of carbonyl (C=O) groups is 2. The Morgan fingerprint density at radius 3 is 1.84 bits per heavy atom. The van der Waals surface area contributed by atoms with Crippen molar-refractivity contribution in [3.05, 3.63) is 85.1 Å². The van der Waals surface area contributed by atoms with Crippen LogP contribution >= 0.6 is 0 Å². The lowest BCUT2D eigenvalue weighted by molar-refractivity contribution is -0.364. The topological polar surface area (TPSA) is 385 Å². The van der Waals surface area contributed by atoms with Gasteiger partial charge in [0, 0.05) is 37.5 Å². The van der Waals surface area contributed by atoms with Crippen LogP contribution in [0.4, 0.5) is 0 Å². The molecule has 0 aromatic carbocycles. The van der Waals surface area contributed by atoms with Crippen LogP contribution in [0.5, 0.6) is 0 Å². The first-order valence-corrected chi connectivity index (χ1v) is 25.8. The second-order valence-corrected chi connectivity index (χ2v) is 20.6. The second kappa shape index (κ2) is 30.6. The number of nitrogens with one attached hydrogen (secondary N) is 1. The van der Waals surface area contributed by atoms with E-state index in [2.05, 4.69) is 5.48 Å². The fourth-order valence-electron chi connectivity index (χ4n) is 9.31. The quantitative estimate of drug-likeness (QED) is 0.113. The number of esters is 1. The summed E-state index contributed by atoms with van der Waals surface area (Å²) in [6, 6.07) is -1.42. The first kappa shape index (κ1) is 64.9. The van der Waals surface area contributed by atoms with Gasteiger partial charge in [0.05, 0.1) is 80.1 Å². The molecule has 0 aliphatic carbocycles. The van der Waals surface area contributed by atoms with Crippen LogP contribution < -0.4 is 5.48 Å². The van der Waals surface area contributed by atoms with E-state index in [4.69, 9.17) is 28.5 Å². The van der Waals surface area contributed by atoms with Crippen LogP contribution in [0.25, 0.3) is 0 Å². The molecule has 2 bridgehead atoms. The molecule has 0 spiro atoms. The number of hydroxylamine groups is 1. The summed E-state index contributed by atoms with van der Waals surface area (Å²) < 4.78 is 29.0. The Kier molecular flexibility index (Phi) is 26.2. The van der Waals surface area contributed by atoms with Gasteiger partial charge in [-0.25, -0.2) is 0 Å². The lowest BCUT2D eigenvalue weighted by atomic mass is 9.82. The summed E-state index contributed by atoms with van der Waals surface area (Å²) in [6.07, 6.45) is -3.90. The minimum atomic E-state index is -2.41. The van der Waals surface area contributed by atoms with Crippen molar-refractivity contribution in [3.8, 4) is 0 Å². The Morgan fingerprint density at radius 2 is 1.24 bits per heavy atom. The van der Waals surface area contributed by atoms with Crippen LogP contribution in [0.15, 0.2) is 85.1 Å². The third-order valence-corrected chi connectivity index (χ3v) is 14.2. The Bertz CT molecular complexity index is 2000. The molecule has 76 heavy (non-hydrogen) atoms. The van der Waals surface area contributed by atoms with Gasteiger partial charge in [0.15, 0.2) is 12.1 Å². The van der Waals surface area contributed by atoms with E-state index in [1.165, 1.54) is 26.0 Å². The molecular formula is C53H83NO22. The monoisotopic (exact) mass is 1090 g/mol. The molecule has 3 saturated heterocycles. The molecule has 4 rings (SSSR count). The fraction of sp³-hybridized carbons (Fsp3) is 0.698. The highest BCUT2D eigenvalue weighted by atomic mass is 16.8. The number of hydrogen-bond donors (Lipinski definition) is 15. The number of carboxylic acid groups (broad SMARTS) is 1. The van der Waals surface area contributed by atoms with Gasteiger partial charge < -0.3 is 95.2 Å². The Balaban J connectivity index is 1.59. The number of aliphatic hydroxyl groups excluding tert-OH is 12. The molecule has 23 nitrogen and oxygen atoms in total. The minimum absolute atomic E-state index is 0.141. The summed E-state index contributed by atoms with van der Waals surface area (Å²) in [5, 5.41) is 151. The SMILES string of the molecule is C[C@@H]1[C@H](O)[C@@H](C)C=CC=CC=CC=CC=CC=CC=C[C@H](O[C@@H]2O[C@H](C)[C@@H](O)[C@H](NO[C@@]3(C)OC[C@H](O)[C@@H](O)[C@@H]3O)[C@@H]2O)C[C@@H]2O[C@](O)(C[C@@H](O)C[C@@H](O)[C@H](O)CC[C@@H](O)C[C@@H](O)CC(=O)O[C@H]1C)C[C@H](O)[C@H]2C(=O)O. The summed E-state index contributed by atoms with van der Waals surface area (Å²) in [6.45, 7) is 7.45. The number of aliphatic hydroxyl groups is 13. The van der Waals surface area contributed by atoms with Crippen molar-refractivity contribution < 1.29 is 110 Å². The first-order chi connectivity index (χ1) is 35.7. The van der Waals surface area contributed by atoms with Crippen molar-refractivity contribution in [2.24, 2.45) is 17.8 Å². The average molecular weight is 1090 g/mol. The van der Waals surface area contributed by atoms with E-state index in [1.54, 1.807) is 86.8 Å². The molecule has 23 heteroatoms. The summed E-state index contributed by atoms with van der Waals surface area (Å²) in [5.74, 6) is -9.12. The zero-order chi connectivity index (χ0) is 56.5. The molecule has 3 fully saturated rings. The number of hydrogen-bond acceptors (Lipinski definition) is 22. The van der Waals surface area contributed by atoms with Crippen molar-refractivity contribution in [3.63, 3.8) is 0 Å². The predicted octanol–water partition coefficient (Wildman–Crippen LogP) is -0.897. The highest BCUT2D eigenvalue weighted by Gasteiger charge is 2.53. The summed E-state index contributed by atoms with van der Waals surface area (Å²) >= 11 is 0. The van der Waals surface area contributed by atoms with Crippen molar-refractivity contribution in [2.45, 2.75) is 208 Å². The predicted molar refractivity (Wildman–Crippen MR) is 269 cm³/mol. The smallest absolute Gasteiger partial charge is 0.311 e. The lowest BCUT2D eigenvalue weighted by Crippen LogP contribution is -2.67. The maximum atomic E-state index is 12.7. The van der Waals surface area contributed by atoms with Gasteiger partial charge in [0.2, 0.25) is 5.79 Å². The van der Waals surface area contributed by atoms with E-state index in [9.17, 15) is 81.1 Å². The molecule has 432 valence electrons. The minimum Gasteiger partial charge on any atom is -0.481 e. The van der Waals surface area contributed by atoms with Gasteiger partial charge in [-0.15, -0.1) is 0 Å². The number of fused-ring (bicyclic) bond motifs is 2. The average Bonchev–Trinajstić information content (AvgIpc) is 3.33. The van der Waals surface area contributed by atoms with E-state index < -0.39 is 184 Å². The summed E-state index contributed by atoms with van der Waals surface area (Å²) in [4.78, 5) is 30.9. The van der Waals surface area contributed by atoms with Crippen LogP contribution in [-0.2, 0) is 38.1 Å². The third kappa shape index (κ3) is 19.6. The highest BCUT2D eigenvalue weighted by molar-refractivity contribution is 5.71. The maximum Gasteiger partial charge on any atom is 0.311 e. The standard InChI is InChI=1S/C53H83NO22/c1-29-18-16-14-12-10-8-6-7-9-11-13-15-17-19-36(74-51-48(66)44(46(64)32(4)73-51)54-76-52(5)49(67)47(65)40(61)28-71-52)25-41-43(50(68)69)39(60)27-53(70,75-41)26-35(57)23-38(59)37(58)21-20-33(55)22-34(56)24-42(62)72-31(3)30(2)45(29)63/h6-19,29-41,43-49,51,54-61,63-67,70H,20-28H2,1-5H3,(H,68,69)/t29-,30-,31-,32+,33+,34+,35-,36-,37+,38+,39-,40-,41-,43+,44-,45+,46+,47+,48-,49-,51-,52+,53+/m0/s1. The van der Waals surface area contributed by atoms with E-state index in [-0.39, 0.29) is 25.2 Å². The molecule has 23 atom stereocenters. The number of ether oxygens (including phenoxy) is 5. The van der Waals surface area contributed by atoms with Crippen LogP contribution in [0, 0.1) is 17.8 Å². The van der Waals surface area contributed by atoms with Gasteiger partial charge >= 0.3 is 11.9 Å². The van der Waals surface area contributed by atoms with Crippen LogP contribution in [0.1, 0.15) is 86.0 Å². The Labute approximate surface area is 442 Å². The molecule has 0 unspecified atom stereocenters. The van der Waals surface area contributed by atoms with Crippen molar-refractivity contribution in [1.29, 1.82) is 0 Å². The zero-order valence-electron chi connectivity index (χ0n) is 43.6. The summed E-state index contributed by atoms with van der Waals surface area (Å²) in [5.41, 5.74) is 2.46. The summed E-state index contributed by atoms with van der Waals surface area (Å²) in [7, 11) is 0. The largest absolute Gasteiger partial charge is 0.481 e. The Hall–Kier alpha value is -3.64. The zero-order valence-corrected chi connectivity index (χ0v) is 43.6. The molecule has 0 aromatic rings. The van der Waals surface area contributed by atoms with E-state index in [0.29, 0.717) is 0 Å². The van der Waals surface area contributed by atoms with Crippen LogP contribution in [-0.4, -0.2) is 212 Å². The number of allylic oxidation sites excluding steroid dienone is 12. The van der Waals surface area contributed by atoms with Crippen molar-refractivity contribution in [1.82, 2.24) is 5.48 Å². The Morgan fingerprint density at radius 1 is 0.645 bits per heavy atom. The normalized spacial score (nSPS) is 43.8. The van der Waals surface area contributed by atoms with Gasteiger partial charge in [-0.2, -0.15) is 5.48 Å².